The molecule has 0 unspecified atom stereocenters. The summed E-state index contributed by atoms with van der Waals surface area (Å²) in [6, 6.07) is 32.7. The van der Waals surface area contributed by atoms with Crippen molar-refractivity contribution in [1.82, 2.24) is 9.97 Å². The van der Waals surface area contributed by atoms with Gasteiger partial charge >= 0.3 is 0 Å². The van der Waals surface area contributed by atoms with Gasteiger partial charge in [0.25, 0.3) is 0 Å². The van der Waals surface area contributed by atoms with Crippen molar-refractivity contribution in [3.63, 3.8) is 0 Å². The number of furan rings is 1. The van der Waals surface area contributed by atoms with Crippen LogP contribution in [0.4, 0.5) is 0 Å². The van der Waals surface area contributed by atoms with Crippen LogP contribution in [0.3, 0.4) is 0 Å². The van der Waals surface area contributed by atoms with E-state index >= 15 is 0 Å². The van der Waals surface area contributed by atoms with Gasteiger partial charge in [-0.15, -0.1) is 0 Å². The standard InChI is InChI=1S/C26H16N2O/c1-3-9-17(10-4-1)25-21-16-24-20(19-13-7-8-14-23(19)29-24)15-22(21)27-26(28-25)18-11-5-2-6-12-18/h1-16H. The third-order valence-electron chi connectivity index (χ3n) is 5.27. The molecule has 0 aliphatic rings. The first kappa shape index (κ1) is 16.0. The van der Waals surface area contributed by atoms with Crippen LogP contribution in [0.15, 0.2) is 101 Å². The Morgan fingerprint density at radius 2 is 1.21 bits per heavy atom. The molecule has 0 aliphatic carbocycles. The average Bonchev–Trinajstić information content (AvgIpc) is 3.15. The highest BCUT2D eigenvalue weighted by Gasteiger charge is 2.15. The fourth-order valence-corrected chi connectivity index (χ4v) is 3.88. The summed E-state index contributed by atoms with van der Waals surface area (Å²) in [6.07, 6.45) is 0. The third kappa shape index (κ3) is 2.59. The summed E-state index contributed by atoms with van der Waals surface area (Å²) < 4.78 is 6.11. The van der Waals surface area contributed by atoms with E-state index in [2.05, 4.69) is 30.3 Å². The Bertz CT molecular complexity index is 1490. The molecule has 0 aliphatic heterocycles. The third-order valence-corrected chi connectivity index (χ3v) is 5.27. The quantitative estimate of drug-likeness (QED) is 0.333. The second-order valence-corrected chi connectivity index (χ2v) is 7.09. The fourth-order valence-electron chi connectivity index (χ4n) is 3.88. The average molecular weight is 372 g/mol. The van der Waals surface area contributed by atoms with E-state index < -0.39 is 0 Å². The van der Waals surface area contributed by atoms with Crippen LogP contribution in [0.2, 0.25) is 0 Å². The molecule has 2 heterocycles. The molecule has 3 nitrogen and oxygen atoms in total. The van der Waals surface area contributed by atoms with E-state index in [1.165, 1.54) is 0 Å². The highest BCUT2D eigenvalue weighted by molar-refractivity contribution is 6.11. The number of nitrogens with zero attached hydrogens (tertiary/aromatic N) is 2. The zero-order chi connectivity index (χ0) is 19.2. The van der Waals surface area contributed by atoms with Crippen molar-refractivity contribution >= 4 is 32.8 Å². The summed E-state index contributed by atoms with van der Waals surface area (Å²) in [5, 5.41) is 3.16. The molecular weight excluding hydrogens is 356 g/mol. The van der Waals surface area contributed by atoms with Crippen LogP contribution in [-0.4, -0.2) is 9.97 Å². The largest absolute Gasteiger partial charge is 0.456 e. The molecule has 6 rings (SSSR count). The van der Waals surface area contributed by atoms with Crippen molar-refractivity contribution in [1.29, 1.82) is 0 Å². The SMILES string of the molecule is c1ccc(-c2nc(-c3ccccc3)c3cc4oc5ccccc5c4cc3n2)cc1. The topological polar surface area (TPSA) is 38.9 Å². The molecule has 6 aromatic rings. The van der Waals surface area contributed by atoms with E-state index in [-0.39, 0.29) is 0 Å². The molecule has 0 saturated heterocycles. The van der Waals surface area contributed by atoms with E-state index in [1.54, 1.807) is 0 Å². The normalized spacial score (nSPS) is 11.4. The fraction of sp³-hybridized carbons (Fsp3) is 0. The van der Waals surface area contributed by atoms with Gasteiger partial charge in [-0.3, -0.25) is 0 Å². The van der Waals surface area contributed by atoms with Gasteiger partial charge in [0.1, 0.15) is 11.2 Å². The van der Waals surface area contributed by atoms with E-state index in [9.17, 15) is 0 Å². The Morgan fingerprint density at radius 1 is 0.517 bits per heavy atom. The molecule has 4 aromatic carbocycles. The lowest BCUT2D eigenvalue weighted by molar-refractivity contribution is 0.669. The van der Waals surface area contributed by atoms with Gasteiger partial charge in [-0.05, 0) is 18.2 Å². The van der Waals surface area contributed by atoms with Gasteiger partial charge in [-0.1, -0.05) is 78.9 Å². The van der Waals surface area contributed by atoms with Crippen LogP contribution >= 0.6 is 0 Å². The number of hydrogen-bond donors (Lipinski definition) is 0. The zero-order valence-electron chi connectivity index (χ0n) is 15.5. The van der Waals surface area contributed by atoms with Crippen molar-refractivity contribution in [3.8, 4) is 22.6 Å². The summed E-state index contributed by atoms with van der Waals surface area (Å²) in [5.74, 6) is 0.726. The van der Waals surface area contributed by atoms with Crippen LogP contribution in [0.5, 0.6) is 0 Å². The monoisotopic (exact) mass is 372 g/mol. The molecule has 0 fully saturated rings. The molecular formula is C26H16N2O. The molecule has 0 amide bonds. The van der Waals surface area contributed by atoms with Crippen LogP contribution in [0.1, 0.15) is 0 Å². The molecule has 0 bridgehead atoms. The first-order chi connectivity index (χ1) is 14.4. The zero-order valence-corrected chi connectivity index (χ0v) is 15.5. The van der Waals surface area contributed by atoms with Gasteiger partial charge in [0.2, 0.25) is 0 Å². The minimum absolute atomic E-state index is 0.726. The lowest BCUT2D eigenvalue weighted by Crippen LogP contribution is -1.95. The number of para-hydroxylation sites is 1. The maximum Gasteiger partial charge on any atom is 0.160 e. The lowest BCUT2D eigenvalue weighted by Gasteiger charge is -2.09. The number of aromatic nitrogens is 2. The maximum absolute atomic E-state index is 6.11. The Balaban J connectivity index is 1.73. The van der Waals surface area contributed by atoms with Gasteiger partial charge in [0, 0.05) is 27.3 Å². The van der Waals surface area contributed by atoms with Gasteiger partial charge in [0.15, 0.2) is 5.82 Å². The highest BCUT2D eigenvalue weighted by Crippen LogP contribution is 2.35. The van der Waals surface area contributed by atoms with Crippen molar-refractivity contribution < 1.29 is 4.42 Å². The second kappa shape index (κ2) is 6.28. The summed E-state index contributed by atoms with van der Waals surface area (Å²) in [4.78, 5) is 9.86. The lowest BCUT2D eigenvalue weighted by atomic mass is 10.0. The summed E-state index contributed by atoms with van der Waals surface area (Å²) in [6.45, 7) is 0. The molecule has 29 heavy (non-hydrogen) atoms. The Hall–Kier alpha value is -3.98. The molecule has 3 heteroatoms. The summed E-state index contributed by atoms with van der Waals surface area (Å²) in [5.41, 5.74) is 5.63. The number of hydrogen-bond acceptors (Lipinski definition) is 3. The predicted octanol–water partition coefficient (Wildman–Crippen LogP) is 6.86. The Kier molecular flexibility index (Phi) is 3.47. The molecule has 0 N–H and O–H groups in total. The van der Waals surface area contributed by atoms with Crippen LogP contribution in [0, 0.1) is 0 Å². The van der Waals surface area contributed by atoms with Gasteiger partial charge in [0.05, 0.1) is 11.2 Å². The number of rotatable bonds is 2. The number of benzene rings is 4. The van der Waals surface area contributed by atoms with Crippen molar-refractivity contribution in [3.05, 3.63) is 97.1 Å². The van der Waals surface area contributed by atoms with Crippen LogP contribution in [0.25, 0.3) is 55.5 Å². The van der Waals surface area contributed by atoms with Crippen molar-refractivity contribution in [2.24, 2.45) is 0 Å². The molecule has 0 spiro atoms. The summed E-state index contributed by atoms with van der Waals surface area (Å²) in [7, 11) is 0. The Morgan fingerprint density at radius 3 is 2.00 bits per heavy atom. The minimum atomic E-state index is 0.726. The molecule has 136 valence electrons. The molecule has 0 saturated carbocycles. The van der Waals surface area contributed by atoms with Crippen molar-refractivity contribution in [2.45, 2.75) is 0 Å². The second-order valence-electron chi connectivity index (χ2n) is 7.09. The number of fused-ring (bicyclic) bond motifs is 4. The van der Waals surface area contributed by atoms with E-state index in [0.29, 0.717) is 0 Å². The van der Waals surface area contributed by atoms with Crippen LogP contribution < -0.4 is 0 Å². The van der Waals surface area contributed by atoms with E-state index in [0.717, 1.165) is 55.5 Å². The molecule has 0 atom stereocenters. The van der Waals surface area contributed by atoms with Gasteiger partial charge < -0.3 is 4.42 Å². The van der Waals surface area contributed by atoms with E-state index in [4.69, 9.17) is 14.4 Å². The summed E-state index contributed by atoms with van der Waals surface area (Å²) >= 11 is 0. The first-order valence-corrected chi connectivity index (χ1v) is 9.61. The van der Waals surface area contributed by atoms with Gasteiger partial charge in [-0.25, -0.2) is 9.97 Å². The Labute approximate surface area is 167 Å². The van der Waals surface area contributed by atoms with E-state index in [1.807, 2.05) is 66.7 Å². The highest BCUT2D eigenvalue weighted by atomic mass is 16.3. The maximum atomic E-state index is 6.11. The van der Waals surface area contributed by atoms with Crippen LogP contribution in [-0.2, 0) is 0 Å². The molecule has 0 radical (unpaired) electrons. The molecule has 2 aromatic heterocycles. The first-order valence-electron chi connectivity index (χ1n) is 9.61. The van der Waals surface area contributed by atoms with Crippen molar-refractivity contribution in [2.75, 3.05) is 0 Å². The van der Waals surface area contributed by atoms with Gasteiger partial charge in [-0.2, -0.15) is 0 Å². The smallest absolute Gasteiger partial charge is 0.160 e. The minimum Gasteiger partial charge on any atom is -0.456 e. The predicted molar refractivity (Wildman–Crippen MR) is 118 cm³/mol.